The molecule has 19 heavy (non-hydrogen) atoms. The van der Waals surface area contributed by atoms with Crippen LogP contribution in [0, 0.1) is 0 Å². The van der Waals surface area contributed by atoms with E-state index in [9.17, 15) is 26.7 Å². The molecule has 2 rings (SSSR count). The van der Waals surface area contributed by atoms with Crippen molar-refractivity contribution in [2.75, 3.05) is 5.75 Å². The maximum absolute atomic E-state index is 13.0. The lowest BCUT2D eigenvalue weighted by Crippen LogP contribution is -2.31. The van der Waals surface area contributed by atoms with Crippen LogP contribution in [-0.2, 0) is 16.0 Å². The highest BCUT2D eigenvalue weighted by Gasteiger charge is 2.47. The van der Waals surface area contributed by atoms with Gasteiger partial charge in [0.05, 0.1) is 21.8 Å². The third-order valence-corrected chi connectivity index (χ3v) is 5.09. The molecule has 0 saturated heterocycles. The first-order chi connectivity index (χ1) is 8.44. The molecule has 3 nitrogen and oxygen atoms in total. The van der Waals surface area contributed by atoms with E-state index >= 15 is 0 Å². The summed E-state index contributed by atoms with van der Waals surface area (Å²) in [5, 5.41) is 9.95. The number of aliphatic hydroxyl groups is 1. The van der Waals surface area contributed by atoms with Gasteiger partial charge in [-0.3, -0.25) is 0 Å². The van der Waals surface area contributed by atoms with Gasteiger partial charge in [0, 0.05) is 5.92 Å². The summed E-state index contributed by atoms with van der Waals surface area (Å²) in [5.74, 6) is -1.58. The Hall–Kier alpha value is -1.08. The zero-order valence-corrected chi connectivity index (χ0v) is 11.1. The number of hydrogen-bond acceptors (Lipinski definition) is 3. The van der Waals surface area contributed by atoms with Crippen molar-refractivity contribution in [1.82, 2.24) is 0 Å². The second-order valence-electron chi connectivity index (χ2n) is 5.20. The quantitative estimate of drug-likeness (QED) is 0.865. The van der Waals surface area contributed by atoms with Gasteiger partial charge in [-0.2, -0.15) is 13.2 Å². The van der Waals surface area contributed by atoms with E-state index in [4.69, 9.17) is 0 Å². The number of sulfone groups is 1. The number of hydrogen-bond donors (Lipinski definition) is 1. The molecule has 1 aromatic rings. The number of rotatable bonds is 1. The first kappa shape index (κ1) is 14.3. The van der Waals surface area contributed by atoms with Gasteiger partial charge in [-0.1, -0.05) is 6.07 Å². The highest BCUT2D eigenvalue weighted by molar-refractivity contribution is 7.91. The lowest BCUT2D eigenvalue weighted by Gasteiger charge is -2.27. The van der Waals surface area contributed by atoms with Crippen LogP contribution in [0.25, 0.3) is 0 Å². The molecule has 0 spiro atoms. The molecular weight excluding hydrogens is 281 g/mol. The standard InChI is InChI=1S/C12H13F3O3S/c1-11(2,16)8-6-19(17,18)9-5-3-4-7(10(8)9)12(13,14)15/h3-5,8,16H,6H2,1-2H3. The zero-order chi connectivity index (χ0) is 14.6. The van der Waals surface area contributed by atoms with Gasteiger partial charge in [-0.15, -0.1) is 0 Å². The molecule has 0 aliphatic carbocycles. The predicted molar refractivity (Wildman–Crippen MR) is 62.5 cm³/mol. The monoisotopic (exact) mass is 294 g/mol. The molecule has 1 unspecified atom stereocenters. The zero-order valence-electron chi connectivity index (χ0n) is 10.3. The Morgan fingerprint density at radius 2 is 1.84 bits per heavy atom. The molecule has 7 heteroatoms. The summed E-state index contributed by atoms with van der Waals surface area (Å²) in [6, 6.07) is 3.08. The van der Waals surface area contributed by atoms with E-state index in [-0.39, 0.29) is 10.5 Å². The second-order valence-corrected chi connectivity index (χ2v) is 7.21. The Bertz CT molecular complexity index is 612. The average Bonchev–Trinajstić information content (AvgIpc) is 2.49. The molecule has 1 atom stereocenters. The van der Waals surface area contributed by atoms with E-state index in [1.54, 1.807) is 0 Å². The highest BCUT2D eigenvalue weighted by Crippen LogP contribution is 2.47. The van der Waals surface area contributed by atoms with E-state index in [1.807, 2.05) is 0 Å². The van der Waals surface area contributed by atoms with E-state index in [0.29, 0.717) is 0 Å². The first-order valence-electron chi connectivity index (χ1n) is 5.60. The van der Waals surface area contributed by atoms with Gasteiger partial charge in [-0.25, -0.2) is 8.42 Å². The van der Waals surface area contributed by atoms with Crippen LogP contribution in [0.5, 0.6) is 0 Å². The molecule has 0 saturated carbocycles. The van der Waals surface area contributed by atoms with Crippen LogP contribution in [0.4, 0.5) is 13.2 Å². The number of benzene rings is 1. The van der Waals surface area contributed by atoms with Crippen LogP contribution in [0.2, 0.25) is 0 Å². The van der Waals surface area contributed by atoms with Gasteiger partial charge in [0.1, 0.15) is 0 Å². The second kappa shape index (κ2) is 3.96. The molecule has 1 aliphatic rings. The summed E-state index contributed by atoms with van der Waals surface area (Å²) in [7, 11) is -3.78. The minimum Gasteiger partial charge on any atom is -0.390 e. The molecule has 0 aromatic heterocycles. The maximum Gasteiger partial charge on any atom is 0.416 e. The van der Waals surface area contributed by atoms with Gasteiger partial charge < -0.3 is 5.11 Å². The third kappa shape index (κ3) is 2.36. The Morgan fingerprint density at radius 1 is 1.26 bits per heavy atom. The molecule has 0 bridgehead atoms. The van der Waals surface area contributed by atoms with Crippen LogP contribution < -0.4 is 0 Å². The fraction of sp³-hybridized carbons (Fsp3) is 0.500. The summed E-state index contributed by atoms with van der Waals surface area (Å²) >= 11 is 0. The van der Waals surface area contributed by atoms with E-state index in [2.05, 4.69) is 0 Å². The molecule has 1 aromatic carbocycles. The summed E-state index contributed by atoms with van der Waals surface area (Å²) in [6.45, 7) is 2.63. The smallest absolute Gasteiger partial charge is 0.390 e. The molecule has 0 fully saturated rings. The third-order valence-electron chi connectivity index (χ3n) is 3.29. The van der Waals surface area contributed by atoms with Crippen molar-refractivity contribution in [1.29, 1.82) is 0 Å². The Labute approximate surface area is 109 Å². The van der Waals surface area contributed by atoms with Crippen molar-refractivity contribution in [3.63, 3.8) is 0 Å². The number of halogens is 3. The summed E-state index contributed by atoms with van der Waals surface area (Å²) in [4.78, 5) is -0.325. The maximum atomic E-state index is 13.0. The lowest BCUT2D eigenvalue weighted by atomic mass is 9.84. The largest absolute Gasteiger partial charge is 0.416 e. The Kier molecular flexibility index (Phi) is 2.98. The molecule has 106 valence electrons. The minimum atomic E-state index is -4.64. The van der Waals surface area contributed by atoms with Gasteiger partial charge in [0.2, 0.25) is 0 Å². The van der Waals surface area contributed by atoms with Crippen molar-refractivity contribution in [3.8, 4) is 0 Å². The molecule has 1 aliphatic heterocycles. The number of fused-ring (bicyclic) bond motifs is 1. The minimum absolute atomic E-state index is 0.317. The van der Waals surface area contributed by atoms with Crippen LogP contribution >= 0.6 is 0 Å². The van der Waals surface area contributed by atoms with Crippen LogP contribution in [0.1, 0.15) is 30.9 Å². The van der Waals surface area contributed by atoms with Gasteiger partial charge >= 0.3 is 6.18 Å². The summed E-state index contributed by atoms with van der Waals surface area (Å²) in [5.41, 5.74) is -2.85. The van der Waals surface area contributed by atoms with Crippen LogP contribution in [-0.4, -0.2) is 24.9 Å². The van der Waals surface area contributed by atoms with E-state index < -0.39 is 38.8 Å². The lowest BCUT2D eigenvalue weighted by molar-refractivity contribution is -0.138. The van der Waals surface area contributed by atoms with Crippen molar-refractivity contribution < 1.29 is 26.7 Å². The van der Waals surface area contributed by atoms with E-state index in [1.165, 1.54) is 13.8 Å². The van der Waals surface area contributed by atoms with Gasteiger partial charge in [-0.05, 0) is 31.5 Å². The first-order valence-corrected chi connectivity index (χ1v) is 7.25. The van der Waals surface area contributed by atoms with Gasteiger partial charge in [0.25, 0.3) is 0 Å². The van der Waals surface area contributed by atoms with Gasteiger partial charge in [0.15, 0.2) is 9.84 Å². The van der Waals surface area contributed by atoms with Crippen LogP contribution in [0.15, 0.2) is 23.1 Å². The molecule has 1 heterocycles. The molecular formula is C12H13F3O3S. The Balaban J connectivity index is 2.78. The summed E-state index contributed by atoms with van der Waals surface area (Å²) in [6.07, 6.45) is -4.64. The average molecular weight is 294 g/mol. The van der Waals surface area contributed by atoms with Crippen molar-refractivity contribution in [2.45, 2.75) is 36.4 Å². The molecule has 0 amide bonds. The fourth-order valence-corrected chi connectivity index (χ4v) is 4.44. The van der Waals surface area contributed by atoms with Crippen molar-refractivity contribution in [2.24, 2.45) is 0 Å². The molecule has 1 N–H and O–H groups in total. The van der Waals surface area contributed by atoms with Crippen molar-refractivity contribution in [3.05, 3.63) is 29.3 Å². The summed E-state index contributed by atoms with van der Waals surface area (Å²) < 4.78 is 62.8. The fourth-order valence-electron chi connectivity index (χ4n) is 2.37. The highest BCUT2D eigenvalue weighted by atomic mass is 32.2. The topological polar surface area (TPSA) is 54.4 Å². The molecule has 0 radical (unpaired) electrons. The SMILES string of the molecule is CC(C)(O)C1CS(=O)(=O)c2cccc(C(F)(F)F)c21. The Morgan fingerprint density at radius 3 is 2.32 bits per heavy atom. The normalized spacial score (nSPS) is 22.3. The van der Waals surface area contributed by atoms with Crippen LogP contribution in [0.3, 0.4) is 0 Å². The van der Waals surface area contributed by atoms with E-state index in [0.717, 1.165) is 18.2 Å². The predicted octanol–water partition coefficient (Wildman–Crippen LogP) is 2.35. The number of alkyl halides is 3. The van der Waals surface area contributed by atoms with Crippen molar-refractivity contribution >= 4 is 9.84 Å².